The average molecular weight is 586 g/mol. The molecule has 0 aliphatic heterocycles. The Balaban J connectivity index is 1.42. The smallest absolute Gasteiger partial charge is 0.412 e. The van der Waals surface area contributed by atoms with E-state index < -0.39 is 24.1 Å². The molecule has 43 heavy (non-hydrogen) atoms. The first-order valence-corrected chi connectivity index (χ1v) is 13.8. The molecular weight excluding hydrogens is 555 g/mol. The molecule has 0 spiro atoms. The number of alkyl halides is 3. The molecule has 0 fully saturated rings. The van der Waals surface area contributed by atoms with E-state index in [4.69, 9.17) is 0 Å². The van der Waals surface area contributed by atoms with Gasteiger partial charge in [-0.3, -0.25) is 4.79 Å². The lowest BCUT2D eigenvalue weighted by Crippen LogP contribution is -2.38. The summed E-state index contributed by atoms with van der Waals surface area (Å²) >= 11 is 0. The van der Waals surface area contributed by atoms with Gasteiger partial charge in [0, 0.05) is 12.1 Å². The standard InChI is InChI=1S/C34H30F3N3O3/c1-20(2)24-7-6-8-25(17-24)31(34(35,36)37)39-32(41)26-15-16-29-30(18-26)40(21(3)38-29)19-22-11-13-23(14-12-22)27-9-4-5-10-28(27)33(42)43/h4-18,20,31H,19H2,1-3H3,(H,39,41)(H,42,43)/t31-/m1/s1. The second-order valence-corrected chi connectivity index (χ2v) is 10.8. The Labute approximate surface area is 246 Å². The number of carboxylic acid groups (broad SMARTS) is 1. The number of fused-ring (bicyclic) bond motifs is 1. The van der Waals surface area contributed by atoms with Crippen molar-refractivity contribution in [3.8, 4) is 11.1 Å². The highest BCUT2D eigenvalue weighted by atomic mass is 19.4. The van der Waals surface area contributed by atoms with Gasteiger partial charge in [0.15, 0.2) is 6.04 Å². The van der Waals surface area contributed by atoms with Crippen LogP contribution >= 0.6 is 0 Å². The van der Waals surface area contributed by atoms with Gasteiger partial charge in [0.1, 0.15) is 5.82 Å². The number of aromatic nitrogens is 2. The van der Waals surface area contributed by atoms with Gasteiger partial charge in [0.25, 0.3) is 5.91 Å². The first-order chi connectivity index (χ1) is 20.4. The molecule has 6 nitrogen and oxygen atoms in total. The summed E-state index contributed by atoms with van der Waals surface area (Å²) in [5, 5.41) is 11.7. The van der Waals surface area contributed by atoms with E-state index in [2.05, 4.69) is 10.3 Å². The van der Waals surface area contributed by atoms with Crippen LogP contribution in [0.4, 0.5) is 13.2 Å². The molecule has 1 atom stereocenters. The van der Waals surface area contributed by atoms with Gasteiger partial charge in [-0.25, -0.2) is 9.78 Å². The Morgan fingerprint density at radius 3 is 2.28 bits per heavy atom. The predicted octanol–water partition coefficient (Wildman–Crippen LogP) is 7.92. The number of benzene rings is 4. The van der Waals surface area contributed by atoms with Crippen molar-refractivity contribution in [3.05, 3.63) is 125 Å². The van der Waals surface area contributed by atoms with E-state index in [1.54, 1.807) is 48.5 Å². The Morgan fingerprint density at radius 2 is 1.60 bits per heavy atom. The van der Waals surface area contributed by atoms with E-state index in [0.717, 1.165) is 16.7 Å². The van der Waals surface area contributed by atoms with Gasteiger partial charge in [-0.15, -0.1) is 0 Å². The van der Waals surface area contributed by atoms with E-state index in [1.165, 1.54) is 18.2 Å². The lowest BCUT2D eigenvalue weighted by molar-refractivity contribution is -0.155. The molecule has 1 amide bonds. The number of amides is 1. The van der Waals surface area contributed by atoms with Crippen LogP contribution in [0.15, 0.2) is 91.0 Å². The van der Waals surface area contributed by atoms with E-state index in [9.17, 15) is 27.9 Å². The van der Waals surface area contributed by atoms with Crippen molar-refractivity contribution >= 4 is 22.9 Å². The van der Waals surface area contributed by atoms with Gasteiger partial charge >= 0.3 is 12.1 Å². The third-order valence-corrected chi connectivity index (χ3v) is 7.48. The Morgan fingerprint density at radius 1 is 0.907 bits per heavy atom. The number of aromatic carboxylic acids is 1. The van der Waals surface area contributed by atoms with Crippen molar-refractivity contribution in [2.75, 3.05) is 0 Å². The fraction of sp³-hybridized carbons (Fsp3) is 0.206. The summed E-state index contributed by atoms with van der Waals surface area (Å²) in [7, 11) is 0. The van der Waals surface area contributed by atoms with Crippen LogP contribution in [0.1, 0.15) is 69.0 Å². The topological polar surface area (TPSA) is 84.2 Å². The molecule has 0 saturated carbocycles. The molecule has 9 heteroatoms. The van der Waals surface area contributed by atoms with Crippen LogP contribution in [-0.4, -0.2) is 32.7 Å². The number of rotatable bonds is 8. The van der Waals surface area contributed by atoms with Gasteiger partial charge in [0.05, 0.1) is 16.6 Å². The van der Waals surface area contributed by atoms with Gasteiger partial charge in [-0.2, -0.15) is 13.2 Å². The molecule has 2 N–H and O–H groups in total. The maximum Gasteiger partial charge on any atom is 0.412 e. The van der Waals surface area contributed by atoms with Crippen LogP contribution < -0.4 is 5.32 Å². The molecule has 1 aromatic heterocycles. The van der Waals surface area contributed by atoms with Crippen molar-refractivity contribution in [3.63, 3.8) is 0 Å². The molecule has 5 rings (SSSR count). The second-order valence-electron chi connectivity index (χ2n) is 10.8. The normalized spacial score (nSPS) is 12.4. The van der Waals surface area contributed by atoms with Crippen LogP contribution in [0.2, 0.25) is 0 Å². The molecule has 0 unspecified atom stereocenters. The zero-order valence-electron chi connectivity index (χ0n) is 23.8. The molecule has 0 bridgehead atoms. The van der Waals surface area contributed by atoms with E-state index in [0.29, 0.717) is 29.0 Å². The van der Waals surface area contributed by atoms with Crippen molar-refractivity contribution in [1.29, 1.82) is 0 Å². The molecule has 0 radical (unpaired) electrons. The molecule has 220 valence electrons. The van der Waals surface area contributed by atoms with Crippen LogP contribution in [0.3, 0.4) is 0 Å². The lowest BCUT2D eigenvalue weighted by atomic mass is 9.97. The monoisotopic (exact) mass is 585 g/mol. The number of carbonyl (C=O) groups excluding carboxylic acids is 1. The van der Waals surface area contributed by atoms with Crippen LogP contribution in [0.5, 0.6) is 0 Å². The number of carboxylic acids is 1. The predicted molar refractivity (Wildman–Crippen MR) is 159 cm³/mol. The average Bonchev–Trinajstić information content (AvgIpc) is 3.29. The third-order valence-electron chi connectivity index (χ3n) is 7.48. The van der Waals surface area contributed by atoms with E-state index >= 15 is 0 Å². The molecule has 0 aliphatic carbocycles. The summed E-state index contributed by atoms with van der Waals surface area (Å²) in [6.07, 6.45) is -4.69. The zero-order chi connectivity index (χ0) is 30.9. The minimum atomic E-state index is -4.69. The number of imidazole rings is 1. The maximum atomic E-state index is 14.1. The summed E-state index contributed by atoms with van der Waals surface area (Å²) in [5.41, 5.74) is 4.50. The van der Waals surface area contributed by atoms with Gasteiger partial charge in [-0.1, -0.05) is 80.6 Å². The summed E-state index contributed by atoms with van der Waals surface area (Å²) in [4.78, 5) is 29.4. The molecule has 0 aliphatic rings. The lowest BCUT2D eigenvalue weighted by Gasteiger charge is -2.23. The van der Waals surface area contributed by atoms with E-state index in [-0.39, 0.29) is 22.6 Å². The highest BCUT2D eigenvalue weighted by molar-refractivity contribution is 5.98. The molecule has 0 saturated heterocycles. The number of carbonyl (C=O) groups is 2. The van der Waals surface area contributed by atoms with Crippen molar-refractivity contribution in [2.24, 2.45) is 0 Å². The summed E-state index contributed by atoms with van der Waals surface area (Å²) in [6, 6.07) is 22.9. The number of hydrogen-bond donors (Lipinski definition) is 2. The number of hydrogen-bond acceptors (Lipinski definition) is 3. The summed E-state index contributed by atoms with van der Waals surface area (Å²) in [6.45, 7) is 6.00. The van der Waals surface area contributed by atoms with E-state index in [1.807, 2.05) is 49.6 Å². The quantitative estimate of drug-likeness (QED) is 0.194. The third kappa shape index (κ3) is 6.30. The Hall–Kier alpha value is -4.92. The number of nitrogens with zero attached hydrogens (tertiary/aromatic N) is 2. The SMILES string of the molecule is Cc1nc2ccc(C(=O)N[C@H](c3cccc(C(C)C)c3)C(F)(F)F)cc2n1Cc1ccc(-c2ccccc2C(=O)O)cc1. The summed E-state index contributed by atoms with van der Waals surface area (Å²) < 4.78 is 44.2. The fourth-order valence-corrected chi connectivity index (χ4v) is 5.14. The number of aryl methyl sites for hydroxylation is 1. The minimum Gasteiger partial charge on any atom is -0.478 e. The second kappa shape index (κ2) is 11.8. The van der Waals surface area contributed by atoms with Gasteiger partial charge in [0.2, 0.25) is 0 Å². The minimum absolute atomic E-state index is 0.0246. The maximum absolute atomic E-state index is 14.1. The largest absolute Gasteiger partial charge is 0.478 e. The van der Waals surface area contributed by atoms with Crippen LogP contribution in [-0.2, 0) is 6.54 Å². The highest BCUT2D eigenvalue weighted by Crippen LogP contribution is 2.34. The van der Waals surface area contributed by atoms with Crippen LogP contribution in [0.25, 0.3) is 22.2 Å². The summed E-state index contributed by atoms with van der Waals surface area (Å²) in [5.74, 6) is -1.14. The van der Waals surface area contributed by atoms with Crippen molar-refractivity contribution in [2.45, 2.75) is 45.5 Å². The number of halogens is 3. The van der Waals surface area contributed by atoms with Gasteiger partial charge < -0.3 is 15.0 Å². The molecule has 5 aromatic rings. The first kappa shape index (κ1) is 29.6. The van der Waals surface area contributed by atoms with Crippen molar-refractivity contribution < 1.29 is 27.9 Å². The zero-order valence-corrected chi connectivity index (χ0v) is 23.8. The Kier molecular flexibility index (Phi) is 8.08. The highest BCUT2D eigenvalue weighted by Gasteiger charge is 2.42. The van der Waals surface area contributed by atoms with Gasteiger partial charge in [-0.05, 0) is 64.9 Å². The van der Waals surface area contributed by atoms with Crippen LogP contribution in [0, 0.1) is 6.92 Å². The molecule has 4 aromatic carbocycles. The Bertz CT molecular complexity index is 1810. The van der Waals surface area contributed by atoms with Crippen molar-refractivity contribution in [1.82, 2.24) is 14.9 Å². The fourth-order valence-electron chi connectivity index (χ4n) is 5.14. The molecule has 1 heterocycles. The first-order valence-electron chi connectivity index (χ1n) is 13.8. The molecular formula is C34H30F3N3O3. The number of nitrogens with one attached hydrogen (secondary N) is 1.